The summed E-state index contributed by atoms with van der Waals surface area (Å²) in [4.78, 5) is 0.0120. The Labute approximate surface area is 92.8 Å². The Hall–Kier alpha value is -0.750. The highest BCUT2D eigenvalue weighted by Crippen LogP contribution is 2.20. The number of thioether (sulfide) groups is 1. The molecule has 0 amide bonds. The van der Waals surface area contributed by atoms with Gasteiger partial charge in [0, 0.05) is 5.75 Å². The first kappa shape index (κ1) is 12.3. The van der Waals surface area contributed by atoms with Gasteiger partial charge >= 0.3 is 0 Å². The summed E-state index contributed by atoms with van der Waals surface area (Å²) in [6.07, 6.45) is 1.82. The normalized spacial score (nSPS) is 11.6. The van der Waals surface area contributed by atoms with E-state index in [1.165, 1.54) is 17.8 Å². The lowest BCUT2D eigenvalue weighted by Gasteiger charge is -2.06. The van der Waals surface area contributed by atoms with Crippen molar-refractivity contribution in [3.8, 4) is 0 Å². The average Bonchev–Trinajstić information content (AvgIpc) is 2.14. The Balaban J connectivity index is 3.05. The van der Waals surface area contributed by atoms with Gasteiger partial charge in [-0.25, -0.2) is 12.8 Å². The van der Waals surface area contributed by atoms with Gasteiger partial charge in [0.05, 0.1) is 16.3 Å². The van der Waals surface area contributed by atoms with E-state index < -0.39 is 15.7 Å². The predicted octanol–water partition coefficient (Wildman–Crippen LogP) is 1.54. The Morgan fingerprint density at radius 3 is 2.67 bits per heavy atom. The maximum absolute atomic E-state index is 12.7. The third-order valence-electron chi connectivity index (χ3n) is 1.86. The quantitative estimate of drug-likeness (QED) is 0.649. The van der Waals surface area contributed by atoms with Crippen LogP contribution in [0.25, 0.3) is 0 Å². The molecule has 0 aliphatic heterocycles. The Bertz CT molecular complexity index is 445. The van der Waals surface area contributed by atoms with Crippen molar-refractivity contribution in [2.45, 2.75) is 4.90 Å². The lowest BCUT2D eigenvalue weighted by Crippen LogP contribution is -2.11. The third-order valence-corrected chi connectivity index (χ3v) is 4.52. The standard InChI is InChI=1S/C9H12FNO2S2/c1-14-4-5-15(12,13)9-3-2-7(10)6-8(9)11/h2-3,6H,4-5,11H2,1H3. The number of benzene rings is 1. The van der Waals surface area contributed by atoms with Crippen LogP contribution in [0.15, 0.2) is 23.1 Å². The molecule has 0 bridgehead atoms. The molecule has 0 heterocycles. The van der Waals surface area contributed by atoms with Crippen LogP contribution >= 0.6 is 11.8 Å². The second-order valence-corrected chi connectivity index (χ2v) is 6.06. The zero-order valence-corrected chi connectivity index (χ0v) is 9.87. The highest BCUT2D eigenvalue weighted by atomic mass is 32.2. The Morgan fingerprint density at radius 2 is 2.13 bits per heavy atom. The molecule has 1 rings (SSSR count). The maximum Gasteiger partial charge on any atom is 0.181 e. The first-order valence-electron chi connectivity index (χ1n) is 4.24. The van der Waals surface area contributed by atoms with Crippen molar-refractivity contribution < 1.29 is 12.8 Å². The van der Waals surface area contributed by atoms with Crippen molar-refractivity contribution in [2.75, 3.05) is 23.5 Å². The van der Waals surface area contributed by atoms with Crippen LogP contribution in [0.4, 0.5) is 10.1 Å². The molecule has 0 spiro atoms. The van der Waals surface area contributed by atoms with Gasteiger partial charge in [0.15, 0.2) is 9.84 Å². The van der Waals surface area contributed by atoms with Gasteiger partial charge in [0.1, 0.15) is 5.82 Å². The van der Waals surface area contributed by atoms with E-state index in [2.05, 4.69) is 0 Å². The molecule has 0 radical (unpaired) electrons. The summed E-state index contributed by atoms with van der Waals surface area (Å²) < 4.78 is 36.1. The molecule has 3 nitrogen and oxygen atoms in total. The summed E-state index contributed by atoms with van der Waals surface area (Å²) >= 11 is 1.44. The minimum Gasteiger partial charge on any atom is -0.398 e. The second kappa shape index (κ2) is 4.85. The summed E-state index contributed by atoms with van der Waals surface area (Å²) in [6.45, 7) is 0. The molecule has 84 valence electrons. The fourth-order valence-electron chi connectivity index (χ4n) is 1.11. The van der Waals surface area contributed by atoms with Crippen LogP contribution in [0, 0.1) is 5.82 Å². The van der Waals surface area contributed by atoms with E-state index >= 15 is 0 Å². The van der Waals surface area contributed by atoms with Crippen LogP contribution in [0.3, 0.4) is 0 Å². The van der Waals surface area contributed by atoms with E-state index in [0.29, 0.717) is 5.75 Å². The largest absolute Gasteiger partial charge is 0.398 e. The van der Waals surface area contributed by atoms with Gasteiger partial charge in [0.25, 0.3) is 0 Å². The zero-order valence-electron chi connectivity index (χ0n) is 8.23. The van der Waals surface area contributed by atoms with Gasteiger partial charge in [0.2, 0.25) is 0 Å². The van der Waals surface area contributed by atoms with Crippen molar-refractivity contribution in [2.24, 2.45) is 0 Å². The topological polar surface area (TPSA) is 60.2 Å². The first-order valence-corrected chi connectivity index (χ1v) is 7.28. The number of nitrogen functional groups attached to an aromatic ring is 1. The van der Waals surface area contributed by atoms with E-state index in [4.69, 9.17) is 5.73 Å². The summed E-state index contributed by atoms with van der Waals surface area (Å²) in [7, 11) is -3.38. The molecule has 0 saturated carbocycles. The molecule has 0 atom stereocenters. The van der Waals surface area contributed by atoms with Gasteiger partial charge < -0.3 is 5.73 Å². The maximum atomic E-state index is 12.7. The number of halogens is 1. The third kappa shape index (κ3) is 3.10. The molecule has 0 aromatic heterocycles. The van der Waals surface area contributed by atoms with Crippen molar-refractivity contribution >= 4 is 27.3 Å². The SMILES string of the molecule is CSCCS(=O)(=O)c1ccc(F)cc1N. The molecule has 0 aliphatic carbocycles. The van der Waals surface area contributed by atoms with E-state index in [-0.39, 0.29) is 16.3 Å². The molecule has 0 unspecified atom stereocenters. The molecule has 2 N–H and O–H groups in total. The van der Waals surface area contributed by atoms with Gasteiger partial charge in [-0.15, -0.1) is 0 Å². The minimum atomic E-state index is -3.38. The van der Waals surface area contributed by atoms with Gasteiger partial charge in [-0.05, 0) is 24.5 Å². The molecule has 15 heavy (non-hydrogen) atoms. The molecule has 0 fully saturated rings. The Morgan fingerprint density at radius 1 is 1.47 bits per heavy atom. The Kier molecular flexibility index (Phi) is 3.98. The highest BCUT2D eigenvalue weighted by Gasteiger charge is 2.17. The van der Waals surface area contributed by atoms with Crippen LogP contribution < -0.4 is 5.73 Å². The van der Waals surface area contributed by atoms with Crippen molar-refractivity contribution in [1.82, 2.24) is 0 Å². The fourth-order valence-corrected chi connectivity index (χ4v) is 3.56. The molecular weight excluding hydrogens is 237 g/mol. The van der Waals surface area contributed by atoms with Crippen molar-refractivity contribution in [3.63, 3.8) is 0 Å². The lowest BCUT2D eigenvalue weighted by atomic mass is 10.3. The lowest BCUT2D eigenvalue weighted by molar-refractivity contribution is 0.597. The van der Waals surface area contributed by atoms with Crippen LogP contribution in [-0.4, -0.2) is 26.2 Å². The molecule has 0 saturated heterocycles. The minimum absolute atomic E-state index is 0.0120. The number of hydrogen-bond acceptors (Lipinski definition) is 4. The van der Waals surface area contributed by atoms with Crippen LogP contribution in [-0.2, 0) is 9.84 Å². The average molecular weight is 249 g/mol. The van der Waals surface area contributed by atoms with Gasteiger partial charge in [-0.2, -0.15) is 11.8 Å². The second-order valence-electron chi connectivity index (χ2n) is 2.99. The van der Waals surface area contributed by atoms with E-state index in [9.17, 15) is 12.8 Å². The summed E-state index contributed by atoms with van der Waals surface area (Å²) in [6, 6.07) is 3.33. The molecule has 6 heteroatoms. The molecule has 0 aliphatic rings. The summed E-state index contributed by atoms with van der Waals surface area (Å²) in [5, 5.41) is 0. The number of anilines is 1. The van der Waals surface area contributed by atoms with Crippen LogP contribution in [0.2, 0.25) is 0 Å². The smallest absolute Gasteiger partial charge is 0.181 e. The van der Waals surface area contributed by atoms with Crippen LogP contribution in [0.5, 0.6) is 0 Å². The number of sulfone groups is 1. The van der Waals surface area contributed by atoms with Crippen molar-refractivity contribution in [1.29, 1.82) is 0 Å². The van der Waals surface area contributed by atoms with Crippen molar-refractivity contribution in [3.05, 3.63) is 24.0 Å². The van der Waals surface area contributed by atoms with Crippen LogP contribution in [0.1, 0.15) is 0 Å². The number of hydrogen-bond donors (Lipinski definition) is 1. The number of nitrogens with two attached hydrogens (primary N) is 1. The zero-order chi connectivity index (χ0) is 11.5. The first-order chi connectivity index (χ1) is 6.97. The fraction of sp³-hybridized carbons (Fsp3) is 0.333. The summed E-state index contributed by atoms with van der Waals surface area (Å²) in [5.41, 5.74) is 5.42. The van der Waals surface area contributed by atoms with E-state index in [1.807, 2.05) is 6.26 Å². The highest BCUT2D eigenvalue weighted by molar-refractivity contribution is 8.00. The molecule has 1 aromatic carbocycles. The predicted molar refractivity (Wildman–Crippen MR) is 61.2 cm³/mol. The van der Waals surface area contributed by atoms with Gasteiger partial charge in [-0.3, -0.25) is 0 Å². The molecule has 1 aromatic rings. The monoisotopic (exact) mass is 249 g/mol. The van der Waals surface area contributed by atoms with Gasteiger partial charge in [-0.1, -0.05) is 0 Å². The van der Waals surface area contributed by atoms with E-state index in [0.717, 1.165) is 12.1 Å². The molecular formula is C9H12FNO2S2. The van der Waals surface area contributed by atoms with E-state index in [1.54, 1.807) is 0 Å². The number of rotatable bonds is 4. The summed E-state index contributed by atoms with van der Waals surface area (Å²) in [5.74, 6) is -0.0142.